The molecule has 0 atom stereocenters. The van der Waals surface area contributed by atoms with E-state index in [1.54, 1.807) is 24.3 Å². The lowest BCUT2D eigenvalue weighted by Crippen LogP contribution is -1.94. The minimum atomic E-state index is -0.0590. The van der Waals surface area contributed by atoms with Gasteiger partial charge in [0.15, 0.2) is 17.3 Å². The zero-order chi connectivity index (χ0) is 15.6. The van der Waals surface area contributed by atoms with Gasteiger partial charge in [-0.05, 0) is 40.6 Å². The highest BCUT2D eigenvalue weighted by Crippen LogP contribution is 2.32. The van der Waals surface area contributed by atoms with E-state index in [9.17, 15) is 4.79 Å². The summed E-state index contributed by atoms with van der Waals surface area (Å²) >= 11 is 0. The van der Waals surface area contributed by atoms with Gasteiger partial charge in [0.25, 0.3) is 0 Å². The first-order chi connectivity index (χ1) is 11.3. The first-order valence-electron chi connectivity index (χ1n) is 7.41. The molecular weight excluding hydrogens is 288 g/mol. The molecular formula is C20H14O3. The van der Waals surface area contributed by atoms with Crippen molar-refractivity contribution in [3.8, 4) is 11.5 Å². The molecule has 1 aliphatic heterocycles. The van der Waals surface area contributed by atoms with Crippen LogP contribution < -0.4 is 9.47 Å². The summed E-state index contributed by atoms with van der Waals surface area (Å²) in [6.07, 6.45) is 3.45. The molecule has 0 unspecified atom stereocenters. The van der Waals surface area contributed by atoms with Crippen molar-refractivity contribution in [2.24, 2.45) is 0 Å². The summed E-state index contributed by atoms with van der Waals surface area (Å²) < 4.78 is 10.6. The predicted octanol–water partition coefficient (Wildman–Crippen LogP) is 4.46. The van der Waals surface area contributed by atoms with Crippen LogP contribution in [0, 0.1) is 0 Å². The highest BCUT2D eigenvalue weighted by Gasteiger charge is 2.15. The van der Waals surface area contributed by atoms with Crippen LogP contribution in [0.5, 0.6) is 11.5 Å². The Hall–Kier alpha value is -3.07. The third-order valence-electron chi connectivity index (χ3n) is 3.89. The van der Waals surface area contributed by atoms with Crippen LogP contribution in [0.3, 0.4) is 0 Å². The second-order valence-electron chi connectivity index (χ2n) is 5.33. The summed E-state index contributed by atoms with van der Waals surface area (Å²) in [5, 5.41) is 2.29. The largest absolute Gasteiger partial charge is 0.454 e. The molecule has 3 aromatic carbocycles. The maximum Gasteiger partial charge on any atom is 0.231 e. The van der Waals surface area contributed by atoms with Gasteiger partial charge in [-0.3, -0.25) is 4.79 Å². The van der Waals surface area contributed by atoms with Crippen molar-refractivity contribution >= 4 is 22.6 Å². The first-order valence-corrected chi connectivity index (χ1v) is 7.41. The van der Waals surface area contributed by atoms with Gasteiger partial charge in [-0.15, -0.1) is 0 Å². The number of allylic oxidation sites excluding steroid dienone is 1. The van der Waals surface area contributed by atoms with Crippen LogP contribution in [-0.2, 0) is 0 Å². The molecule has 0 aromatic heterocycles. The van der Waals surface area contributed by atoms with Crippen molar-refractivity contribution in [2.75, 3.05) is 6.79 Å². The van der Waals surface area contributed by atoms with Crippen molar-refractivity contribution in [3.05, 3.63) is 77.9 Å². The molecule has 3 aromatic rings. The molecule has 4 rings (SSSR count). The molecule has 1 heterocycles. The monoisotopic (exact) mass is 302 g/mol. The average molecular weight is 302 g/mol. The normalized spacial score (nSPS) is 12.9. The third kappa shape index (κ3) is 2.57. The van der Waals surface area contributed by atoms with Crippen LogP contribution >= 0.6 is 0 Å². The van der Waals surface area contributed by atoms with Crippen molar-refractivity contribution in [2.45, 2.75) is 0 Å². The topological polar surface area (TPSA) is 35.5 Å². The number of carbonyl (C=O) groups excluding carboxylic acids is 1. The van der Waals surface area contributed by atoms with Gasteiger partial charge in [0.2, 0.25) is 6.79 Å². The van der Waals surface area contributed by atoms with E-state index in [1.807, 2.05) is 30.3 Å². The molecule has 1 aliphatic rings. The smallest absolute Gasteiger partial charge is 0.231 e. The molecule has 0 aliphatic carbocycles. The van der Waals surface area contributed by atoms with E-state index in [1.165, 1.54) is 0 Å². The van der Waals surface area contributed by atoms with E-state index < -0.39 is 0 Å². The zero-order valence-corrected chi connectivity index (χ0v) is 12.4. The van der Waals surface area contributed by atoms with Gasteiger partial charge in [-0.2, -0.15) is 0 Å². The van der Waals surface area contributed by atoms with Gasteiger partial charge in [0, 0.05) is 5.56 Å². The Bertz CT molecular complexity index is 920. The molecule has 0 fully saturated rings. The standard InChI is InChI=1S/C20H14O3/c21-18(16-9-11-19-20(12-16)23-13-22-19)10-8-15-6-3-5-14-4-1-2-7-17(14)15/h1-12H,13H2/b10-8+. The molecule has 0 saturated heterocycles. The van der Waals surface area contributed by atoms with Crippen LogP contribution in [0.15, 0.2) is 66.7 Å². The van der Waals surface area contributed by atoms with Crippen molar-refractivity contribution < 1.29 is 14.3 Å². The summed E-state index contributed by atoms with van der Waals surface area (Å²) in [4.78, 5) is 12.4. The molecule has 3 heteroatoms. The van der Waals surface area contributed by atoms with Crippen molar-refractivity contribution in [3.63, 3.8) is 0 Å². The van der Waals surface area contributed by atoms with Gasteiger partial charge in [0.05, 0.1) is 0 Å². The van der Waals surface area contributed by atoms with E-state index in [-0.39, 0.29) is 12.6 Å². The highest BCUT2D eigenvalue weighted by molar-refractivity contribution is 6.08. The summed E-state index contributed by atoms with van der Waals surface area (Å²) in [5.74, 6) is 1.24. The van der Waals surface area contributed by atoms with E-state index >= 15 is 0 Å². The lowest BCUT2D eigenvalue weighted by atomic mass is 10.0. The Kier molecular flexibility index (Phi) is 3.31. The quantitative estimate of drug-likeness (QED) is 0.529. The third-order valence-corrected chi connectivity index (χ3v) is 3.89. The molecule has 0 N–H and O–H groups in total. The zero-order valence-electron chi connectivity index (χ0n) is 12.4. The maximum atomic E-state index is 12.4. The van der Waals surface area contributed by atoms with Crippen LogP contribution in [0.25, 0.3) is 16.8 Å². The Labute approximate surface area is 133 Å². The highest BCUT2D eigenvalue weighted by atomic mass is 16.7. The van der Waals surface area contributed by atoms with Gasteiger partial charge in [0.1, 0.15) is 0 Å². The Morgan fingerprint density at radius 3 is 2.70 bits per heavy atom. The van der Waals surface area contributed by atoms with E-state index in [2.05, 4.69) is 18.2 Å². The summed E-state index contributed by atoms with van der Waals surface area (Å²) in [6, 6.07) is 19.4. The SMILES string of the molecule is O=C(/C=C/c1cccc2ccccc12)c1ccc2c(c1)OCO2. The lowest BCUT2D eigenvalue weighted by Gasteiger charge is -2.02. The molecule has 0 radical (unpaired) electrons. The number of hydrogen-bond donors (Lipinski definition) is 0. The molecule has 3 nitrogen and oxygen atoms in total. The molecule has 0 amide bonds. The fourth-order valence-electron chi connectivity index (χ4n) is 2.71. The van der Waals surface area contributed by atoms with Crippen LogP contribution in [0.1, 0.15) is 15.9 Å². The maximum absolute atomic E-state index is 12.4. The number of hydrogen-bond acceptors (Lipinski definition) is 3. The van der Waals surface area contributed by atoms with Gasteiger partial charge in [-0.25, -0.2) is 0 Å². The number of rotatable bonds is 3. The second kappa shape index (κ2) is 5.61. The Morgan fingerprint density at radius 1 is 0.913 bits per heavy atom. The predicted molar refractivity (Wildman–Crippen MR) is 89.9 cm³/mol. The van der Waals surface area contributed by atoms with Gasteiger partial charge < -0.3 is 9.47 Å². The Morgan fingerprint density at radius 2 is 1.74 bits per heavy atom. The summed E-state index contributed by atoms with van der Waals surface area (Å²) in [7, 11) is 0. The number of ether oxygens (including phenoxy) is 2. The number of carbonyl (C=O) groups is 1. The molecule has 112 valence electrons. The summed E-state index contributed by atoms with van der Waals surface area (Å²) in [6.45, 7) is 0.207. The second-order valence-corrected chi connectivity index (χ2v) is 5.33. The molecule has 0 saturated carbocycles. The molecule has 0 spiro atoms. The van der Waals surface area contributed by atoms with Crippen LogP contribution in [0.4, 0.5) is 0 Å². The Balaban J connectivity index is 1.64. The van der Waals surface area contributed by atoms with E-state index in [0.717, 1.165) is 16.3 Å². The first kappa shape index (κ1) is 13.6. The molecule has 0 bridgehead atoms. The number of fused-ring (bicyclic) bond motifs is 2. The fourth-order valence-corrected chi connectivity index (χ4v) is 2.71. The molecule has 23 heavy (non-hydrogen) atoms. The van der Waals surface area contributed by atoms with E-state index in [4.69, 9.17) is 9.47 Å². The minimum Gasteiger partial charge on any atom is -0.454 e. The van der Waals surface area contributed by atoms with Crippen molar-refractivity contribution in [1.82, 2.24) is 0 Å². The number of ketones is 1. The van der Waals surface area contributed by atoms with E-state index in [0.29, 0.717) is 17.1 Å². The van der Waals surface area contributed by atoms with Crippen LogP contribution in [-0.4, -0.2) is 12.6 Å². The van der Waals surface area contributed by atoms with Gasteiger partial charge in [-0.1, -0.05) is 48.5 Å². The van der Waals surface area contributed by atoms with Crippen molar-refractivity contribution in [1.29, 1.82) is 0 Å². The minimum absolute atomic E-state index is 0.0590. The average Bonchev–Trinajstić information content (AvgIpc) is 3.07. The van der Waals surface area contributed by atoms with Gasteiger partial charge >= 0.3 is 0 Å². The van der Waals surface area contributed by atoms with Crippen LogP contribution in [0.2, 0.25) is 0 Å². The lowest BCUT2D eigenvalue weighted by molar-refractivity contribution is 0.104. The summed E-state index contributed by atoms with van der Waals surface area (Å²) in [5.41, 5.74) is 1.61. The number of benzene rings is 3. The fraction of sp³-hybridized carbons (Fsp3) is 0.0500.